The van der Waals surface area contributed by atoms with Crippen molar-refractivity contribution in [1.82, 2.24) is 5.43 Å². The van der Waals surface area contributed by atoms with E-state index in [1.54, 1.807) is 0 Å². The first-order valence-electron chi connectivity index (χ1n) is 6.59. The van der Waals surface area contributed by atoms with E-state index in [1.165, 1.54) is 0 Å². The van der Waals surface area contributed by atoms with Crippen molar-refractivity contribution in [2.75, 3.05) is 11.9 Å². The molecule has 0 spiro atoms. The summed E-state index contributed by atoms with van der Waals surface area (Å²) < 4.78 is 5.69. The first-order chi connectivity index (χ1) is 9.09. The third-order valence-electron chi connectivity index (χ3n) is 3.16. The third-order valence-corrected chi connectivity index (χ3v) is 3.16. The van der Waals surface area contributed by atoms with Crippen LogP contribution in [0.1, 0.15) is 26.7 Å². The lowest BCUT2D eigenvalue weighted by Gasteiger charge is -2.33. The Morgan fingerprint density at radius 2 is 2.11 bits per heavy atom. The van der Waals surface area contributed by atoms with Crippen molar-refractivity contribution in [3.63, 3.8) is 0 Å². The van der Waals surface area contributed by atoms with E-state index < -0.39 is 0 Å². The molecule has 0 radical (unpaired) electrons. The summed E-state index contributed by atoms with van der Waals surface area (Å²) in [6.07, 6.45) is 1.82. The van der Waals surface area contributed by atoms with E-state index in [0.717, 1.165) is 25.1 Å². The van der Waals surface area contributed by atoms with Gasteiger partial charge in [0.15, 0.2) is 0 Å². The minimum Gasteiger partial charge on any atom is -0.375 e. The van der Waals surface area contributed by atoms with Crippen LogP contribution >= 0.6 is 0 Å². The second kappa shape index (κ2) is 6.04. The van der Waals surface area contributed by atoms with Crippen molar-refractivity contribution >= 4 is 11.6 Å². The van der Waals surface area contributed by atoms with Crippen molar-refractivity contribution in [2.24, 2.45) is 10.8 Å². The molecule has 0 bridgehead atoms. The van der Waals surface area contributed by atoms with Gasteiger partial charge in [-0.3, -0.25) is 5.43 Å². The van der Waals surface area contributed by atoms with Gasteiger partial charge < -0.3 is 10.1 Å². The number of hydrogen-bond donors (Lipinski definition) is 3. The molecule has 19 heavy (non-hydrogen) atoms. The molecule has 1 fully saturated rings. The molecule has 5 nitrogen and oxygen atoms in total. The van der Waals surface area contributed by atoms with Crippen LogP contribution in [0.3, 0.4) is 0 Å². The lowest BCUT2D eigenvalue weighted by molar-refractivity contribution is -0.0575. The molecule has 2 rings (SSSR count). The number of nitrogens with zero attached hydrogens (tertiary/aromatic N) is 1. The molecular formula is C14H22N4O. The van der Waals surface area contributed by atoms with Gasteiger partial charge in [-0.05, 0) is 38.8 Å². The maximum Gasteiger partial charge on any atom is 0.210 e. The van der Waals surface area contributed by atoms with Gasteiger partial charge in [0.2, 0.25) is 5.96 Å². The van der Waals surface area contributed by atoms with Crippen LogP contribution in [0.5, 0.6) is 0 Å². The Morgan fingerprint density at radius 3 is 2.74 bits per heavy atom. The molecule has 0 saturated carbocycles. The molecular weight excluding hydrogens is 240 g/mol. The van der Waals surface area contributed by atoms with E-state index in [-0.39, 0.29) is 11.6 Å². The fourth-order valence-electron chi connectivity index (χ4n) is 2.26. The number of hydrogen-bond acceptors (Lipinski definition) is 3. The van der Waals surface area contributed by atoms with Crippen molar-refractivity contribution in [2.45, 2.75) is 38.3 Å². The predicted octanol–water partition coefficient (Wildman–Crippen LogP) is 1.88. The Labute approximate surface area is 114 Å². The van der Waals surface area contributed by atoms with Crippen LogP contribution in [-0.4, -0.2) is 24.2 Å². The van der Waals surface area contributed by atoms with Crippen molar-refractivity contribution in [3.05, 3.63) is 30.3 Å². The highest BCUT2D eigenvalue weighted by molar-refractivity contribution is 5.93. The Kier molecular flexibility index (Phi) is 4.39. The summed E-state index contributed by atoms with van der Waals surface area (Å²) in [5.74, 6) is 6.12. The van der Waals surface area contributed by atoms with Gasteiger partial charge in [-0.2, -0.15) is 0 Å². The predicted molar refractivity (Wildman–Crippen MR) is 77.9 cm³/mol. The smallest absolute Gasteiger partial charge is 0.210 e. The van der Waals surface area contributed by atoms with Crippen molar-refractivity contribution in [1.29, 1.82) is 0 Å². The second-order valence-corrected chi connectivity index (χ2v) is 5.37. The fraction of sp³-hybridized carbons (Fsp3) is 0.500. The van der Waals surface area contributed by atoms with Gasteiger partial charge in [0.25, 0.3) is 0 Å². The minimum absolute atomic E-state index is 0.112. The Hall–Kier alpha value is -1.59. The van der Waals surface area contributed by atoms with E-state index in [4.69, 9.17) is 10.6 Å². The number of nitrogens with two attached hydrogens (primary N) is 1. The topological polar surface area (TPSA) is 71.7 Å². The van der Waals surface area contributed by atoms with E-state index >= 15 is 0 Å². The van der Waals surface area contributed by atoms with E-state index in [1.807, 2.05) is 30.3 Å². The molecule has 1 heterocycles. The SMILES string of the molecule is CC1(C)CC(N=C(NN)Nc2ccccc2)CCO1. The van der Waals surface area contributed by atoms with Crippen LogP contribution in [0.15, 0.2) is 35.3 Å². The van der Waals surface area contributed by atoms with Crippen molar-refractivity contribution < 1.29 is 4.74 Å². The van der Waals surface area contributed by atoms with E-state index in [0.29, 0.717) is 5.96 Å². The molecule has 1 atom stereocenters. The highest BCUT2D eigenvalue weighted by atomic mass is 16.5. The summed E-state index contributed by atoms with van der Waals surface area (Å²) >= 11 is 0. The quantitative estimate of drug-likeness (QED) is 0.329. The highest BCUT2D eigenvalue weighted by Crippen LogP contribution is 2.25. The Morgan fingerprint density at radius 1 is 1.37 bits per heavy atom. The molecule has 1 saturated heterocycles. The molecule has 0 aromatic heterocycles. The molecule has 1 aromatic carbocycles. The van der Waals surface area contributed by atoms with Crippen LogP contribution in [-0.2, 0) is 4.74 Å². The lowest BCUT2D eigenvalue weighted by atomic mass is 9.94. The van der Waals surface area contributed by atoms with Gasteiger partial charge in [0.1, 0.15) is 0 Å². The molecule has 1 unspecified atom stereocenters. The zero-order valence-corrected chi connectivity index (χ0v) is 11.5. The number of benzene rings is 1. The van der Waals surface area contributed by atoms with Gasteiger partial charge in [0.05, 0.1) is 11.6 Å². The van der Waals surface area contributed by atoms with Crippen LogP contribution in [0.25, 0.3) is 0 Å². The molecule has 0 amide bonds. The Balaban J connectivity index is 2.02. The first-order valence-corrected chi connectivity index (χ1v) is 6.59. The average Bonchev–Trinajstić information content (AvgIpc) is 2.38. The van der Waals surface area contributed by atoms with Crippen LogP contribution < -0.4 is 16.6 Å². The molecule has 4 N–H and O–H groups in total. The normalized spacial score (nSPS) is 22.9. The second-order valence-electron chi connectivity index (χ2n) is 5.37. The fourth-order valence-corrected chi connectivity index (χ4v) is 2.26. The zero-order valence-electron chi connectivity index (χ0n) is 11.5. The maximum absolute atomic E-state index is 5.69. The number of rotatable bonds is 2. The van der Waals surface area contributed by atoms with Crippen molar-refractivity contribution in [3.8, 4) is 0 Å². The van der Waals surface area contributed by atoms with Gasteiger partial charge in [0, 0.05) is 12.3 Å². The van der Waals surface area contributed by atoms with Gasteiger partial charge in [-0.15, -0.1) is 0 Å². The summed E-state index contributed by atoms with van der Waals surface area (Å²) in [4.78, 5) is 4.63. The van der Waals surface area contributed by atoms with E-state index in [2.05, 4.69) is 29.6 Å². The molecule has 1 aromatic rings. The number of hydrazine groups is 1. The summed E-state index contributed by atoms with van der Waals surface area (Å²) in [7, 11) is 0. The number of ether oxygens (including phenoxy) is 1. The molecule has 0 aliphatic carbocycles. The summed E-state index contributed by atoms with van der Waals surface area (Å²) in [5.41, 5.74) is 3.47. The van der Waals surface area contributed by atoms with E-state index in [9.17, 15) is 0 Å². The minimum atomic E-state index is -0.112. The third kappa shape index (κ3) is 4.22. The lowest BCUT2D eigenvalue weighted by Crippen LogP contribution is -2.40. The highest BCUT2D eigenvalue weighted by Gasteiger charge is 2.28. The zero-order chi connectivity index (χ0) is 13.7. The number of nitrogens with one attached hydrogen (secondary N) is 2. The Bertz CT molecular complexity index is 430. The number of para-hydroxylation sites is 1. The van der Waals surface area contributed by atoms with Crippen LogP contribution in [0, 0.1) is 0 Å². The molecule has 1 aliphatic rings. The van der Waals surface area contributed by atoms with Gasteiger partial charge >= 0.3 is 0 Å². The summed E-state index contributed by atoms with van der Waals surface area (Å²) in [6, 6.07) is 10.1. The van der Waals surface area contributed by atoms with Crippen LogP contribution in [0.4, 0.5) is 5.69 Å². The number of anilines is 1. The number of guanidine groups is 1. The molecule has 104 valence electrons. The molecule has 1 aliphatic heterocycles. The standard InChI is InChI=1S/C14H22N4O/c1-14(2)10-12(8-9-19-14)17-13(18-15)16-11-6-4-3-5-7-11/h3-7,12H,8-10,15H2,1-2H3,(H2,16,17,18). The van der Waals surface area contributed by atoms with Crippen LogP contribution in [0.2, 0.25) is 0 Å². The van der Waals surface area contributed by atoms with Gasteiger partial charge in [-0.25, -0.2) is 10.8 Å². The maximum atomic E-state index is 5.69. The summed E-state index contributed by atoms with van der Waals surface area (Å²) in [6.45, 7) is 4.92. The monoisotopic (exact) mass is 262 g/mol. The number of aliphatic imine (C=N–C) groups is 1. The average molecular weight is 262 g/mol. The summed E-state index contributed by atoms with van der Waals surface area (Å²) in [5, 5.41) is 3.18. The molecule has 5 heteroatoms. The first kappa shape index (κ1) is 13.8. The van der Waals surface area contributed by atoms with Gasteiger partial charge in [-0.1, -0.05) is 18.2 Å². The largest absolute Gasteiger partial charge is 0.375 e.